The third kappa shape index (κ3) is 2.99. The van der Waals surface area contributed by atoms with Gasteiger partial charge in [0, 0.05) is 16.8 Å². The smallest absolute Gasteiger partial charge is 0.267 e. The highest BCUT2D eigenvalue weighted by atomic mass is 35.5. The number of hydrogen-bond acceptors (Lipinski definition) is 5. The molecule has 134 valence electrons. The van der Waals surface area contributed by atoms with Crippen molar-refractivity contribution in [2.24, 2.45) is 0 Å². The number of aromatic nitrogens is 1. The van der Waals surface area contributed by atoms with Crippen LogP contribution in [0.25, 0.3) is 10.2 Å². The number of thiophene rings is 1. The third-order valence-electron chi connectivity index (χ3n) is 4.62. The molecule has 0 spiro atoms. The van der Waals surface area contributed by atoms with Gasteiger partial charge in [-0.2, -0.15) is 0 Å². The molecule has 0 radical (unpaired) electrons. The number of methoxy groups -OCH3 is 1. The highest BCUT2D eigenvalue weighted by Gasteiger charge is 2.20. The summed E-state index contributed by atoms with van der Waals surface area (Å²) in [6.45, 7) is 0. The fraction of sp³-hybridized carbons (Fsp3) is 0.263. The first-order valence-corrected chi connectivity index (χ1v) is 9.62. The molecule has 1 aliphatic carbocycles. The number of nitrogens with two attached hydrogens (primary N) is 1. The number of aryl methyl sites for hydroxylation is 2. The van der Waals surface area contributed by atoms with E-state index in [2.05, 4.69) is 11.4 Å². The van der Waals surface area contributed by atoms with Gasteiger partial charge in [-0.15, -0.1) is 11.3 Å². The Bertz CT molecular complexity index is 1020. The van der Waals surface area contributed by atoms with Gasteiger partial charge in [0.25, 0.3) is 5.91 Å². The second kappa shape index (κ2) is 6.78. The number of nitrogen functional groups attached to an aromatic ring is 1. The van der Waals surface area contributed by atoms with E-state index in [1.807, 2.05) is 0 Å². The van der Waals surface area contributed by atoms with Crippen LogP contribution in [0.15, 0.2) is 24.3 Å². The van der Waals surface area contributed by atoms with E-state index in [0.717, 1.165) is 35.2 Å². The fourth-order valence-electron chi connectivity index (χ4n) is 3.26. The molecule has 1 aliphatic rings. The van der Waals surface area contributed by atoms with Gasteiger partial charge in [0.15, 0.2) is 0 Å². The molecule has 0 saturated carbocycles. The molecule has 0 fully saturated rings. The maximum absolute atomic E-state index is 12.7. The Kier molecular flexibility index (Phi) is 4.46. The van der Waals surface area contributed by atoms with E-state index in [1.54, 1.807) is 25.3 Å². The molecule has 0 aliphatic heterocycles. The van der Waals surface area contributed by atoms with Crippen LogP contribution in [0.2, 0.25) is 5.02 Å². The van der Waals surface area contributed by atoms with Gasteiger partial charge >= 0.3 is 0 Å². The quantitative estimate of drug-likeness (QED) is 0.684. The summed E-state index contributed by atoms with van der Waals surface area (Å²) in [6.07, 6.45) is 4.36. The van der Waals surface area contributed by atoms with Gasteiger partial charge in [0.05, 0.1) is 17.8 Å². The maximum Gasteiger partial charge on any atom is 0.267 e. The fourth-order valence-corrected chi connectivity index (χ4v) is 4.51. The highest BCUT2D eigenvalue weighted by molar-refractivity contribution is 7.21. The topological polar surface area (TPSA) is 77.2 Å². The molecule has 0 unspecified atom stereocenters. The summed E-state index contributed by atoms with van der Waals surface area (Å²) in [5.74, 6) is 0.297. The molecule has 26 heavy (non-hydrogen) atoms. The number of halogens is 1. The number of pyridine rings is 1. The van der Waals surface area contributed by atoms with Crippen LogP contribution >= 0.6 is 22.9 Å². The minimum absolute atomic E-state index is 0.260. The lowest BCUT2D eigenvalue weighted by atomic mass is 9.95. The van der Waals surface area contributed by atoms with Crippen molar-refractivity contribution in [3.63, 3.8) is 0 Å². The zero-order chi connectivity index (χ0) is 18.3. The van der Waals surface area contributed by atoms with Crippen molar-refractivity contribution in [3.05, 3.63) is 45.4 Å². The average molecular weight is 388 g/mol. The average Bonchev–Trinajstić information content (AvgIpc) is 2.96. The van der Waals surface area contributed by atoms with E-state index in [-0.39, 0.29) is 5.91 Å². The Morgan fingerprint density at radius 2 is 2.12 bits per heavy atom. The second-order valence-corrected chi connectivity index (χ2v) is 7.71. The highest BCUT2D eigenvalue weighted by Crippen LogP contribution is 2.36. The molecule has 3 aromatic rings. The van der Waals surface area contributed by atoms with Gasteiger partial charge in [-0.25, -0.2) is 4.98 Å². The number of amides is 1. The Labute approximate surface area is 160 Å². The number of nitrogens with one attached hydrogen (secondary N) is 1. The van der Waals surface area contributed by atoms with Crippen LogP contribution in [0.3, 0.4) is 0 Å². The molecule has 5 nitrogen and oxygen atoms in total. The van der Waals surface area contributed by atoms with Crippen molar-refractivity contribution in [2.45, 2.75) is 25.7 Å². The van der Waals surface area contributed by atoms with Crippen molar-refractivity contribution in [2.75, 3.05) is 18.2 Å². The number of rotatable bonds is 3. The second-order valence-electron chi connectivity index (χ2n) is 6.30. The number of anilines is 2. The minimum atomic E-state index is -0.260. The van der Waals surface area contributed by atoms with E-state index in [1.165, 1.54) is 23.3 Å². The van der Waals surface area contributed by atoms with E-state index in [4.69, 9.17) is 27.1 Å². The van der Waals surface area contributed by atoms with Gasteiger partial charge < -0.3 is 15.8 Å². The first-order chi connectivity index (χ1) is 12.6. The molecule has 2 heterocycles. The van der Waals surface area contributed by atoms with Crippen LogP contribution in [-0.2, 0) is 12.8 Å². The van der Waals surface area contributed by atoms with Gasteiger partial charge in [-0.05, 0) is 55.5 Å². The lowest BCUT2D eigenvalue weighted by Crippen LogP contribution is -2.12. The predicted molar refractivity (Wildman–Crippen MR) is 107 cm³/mol. The number of carbonyl (C=O) groups is 1. The van der Waals surface area contributed by atoms with Crippen LogP contribution < -0.4 is 15.8 Å². The van der Waals surface area contributed by atoms with E-state index in [9.17, 15) is 4.79 Å². The summed E-state index contributed by atoms with van der Waals surface area (Å²) >= 11 is 7.45. The Morgan fingerprint density at radius 3 is 2.88 bits per heavy atom. The summed E-state index contributed by atoms with van der Waals surface area (Å²) in [4.78, 5) is 18.7. The number of hydrogen-bond donors (Lipinski definition) is 2. The Balaban J connectivity index is 1.66. The van der Waals surface area contributed by atoms with E-state index < -0.39 is 0 Å². The number of ether oxygens (including phenoxy) is 1. The maximum atomic E-state index is 12.7. The predicted octanol–water partition coefficient (Wildman–Crippen LogP) is 4.67. The van der Waals surface area contributed by atoms with E-state index in [0.29, 0.717) is 27.0 Å². The standard InChI is InChI=1S/C19H18ClN3O2S/c1-25-15-7-6-11(9-13(15)20)22-18(24)17-16(21)12-8-10-4-2-3-5-14(10)23-19(12)26-17/h6-9H,2-5,21H2,1H3,(H,22,24). The van der Waals surface area contributed by atoms with Crippen molar-refractivity contribution in [3.8, 4) is 5.75 Å². The first-order valence-electron chi connectivity index (χ1n) is 8.42. The summed E-state index contributed by atoms with van der Waals surface area (Å²) in [5.41, 5.74) is 9.73. The van der Waals surface area contributed by atoms with Crippen LogP contribution in [-0.4, -0.2) is 18.0 Å². The lowest BCUT2D eigenvalue weighted by molar-refractivity contribution is 0.103. The Morgan fingerprint density at radius 1 is 1.31 bits per heavy atom. The van der Waals surface area contributed by atoms with Gasteiger partial charge in [-0.1, -0.05) is 11.6 Å². The summed E-state index contributed by atoms with van der Waals surface area (Å²) in [5, 5.41) is 4.15. The normalized spacial score (nSPS) is 13.5. The number of benzene rings is 1. The van der Waals surface area contributed by atoms with Crippen LogP contribution in [0, 0.1) is 0 Å². The number of carbonyl (C=O) groups excluding carboxylic acids is 1. The van der Waals surface area contributed by atoms with Crippen LogP contribution in [0.4, 0.5) is 11.4 Å². The molecule has 1 aromatic carbocycles. The van der Waals surface area contributed by atoms with Crippen LogP contribution in [0.1, 0.15) is 33.8 Å². The third-order valence-corrected chi connectivity index (χ3v) is 6.02. The molecule has 0 atom stereocenters. The molecular weight excluding hydrogens is 370 g/mol. The number of fused-ring (bicyclic) bond motifs is 2. The van der Waals surface area contributed by atoms with Crippen molar-refractivity contribution in [1.82, 2.24) is 4.98 Å². The summed E-state index contributed by atoms with van der Waals surface area (Å²) in [6, 6.07) is 7.20. The van der Waals surface area contributed by atoms with E-state index >= 15 is 0 Å². The molecule has 1 amide bonds. The Hall–Kier alpha value is -2.31. The first kappa shape index (κ1) is 17.1. The molecule has 0 bridgehead atoms. The monoisotopic (exact) mass is 387 g/mol. The summed E-state index contributed by atoms with van der Waals surface area (Å²) in [7, 11) is 1.55. The molecule has 7 heteroatoms. The molecule has 0 saturated heterocycles. The van der Waals surface area contributed by atoms with Crippen molar-refractivity contribution in [1.29, 1.82) is 0 Å². The zero-order valence-electron chi connectivity index (χ0n) is 14.3. The molecular formula is C19H18ClN3O2S. The zero-order valence-corrected chi connectivity index (χ0v) is 15.8. The molecule has 3 N–H and O–H groups in total. The van der Waals surface area contributed by atoms with Crippen LogP contribution in [0.5, 0.6) is 5.75 Å². The molecule has 2 aromatic heterocycles. The van der Waals surface area contributed by atoms with Gasteiger partial charge in [0.2, 0.25) is 0 Å². The molecule has 4 rings (SSSR count). The van der Waals surface area contributed by atoms with Gasteiger partial charge in [0.1, 0.15) is 15.5 Å². The number of nitrogens with zero attached hydrogens (tertiary/aromatic N) is 1. The van der Waals surface area contributed by atoms with Crippen molar-refractivity contribution < 1.29 is 9.53 Å². The largest absolute Gasteiger partial charge is 0.495 e. The van der Waals surface area contributed by atoms with Gasteiger partial charge in [-0.3, -0.25) is 4.79 Å². The minimum Gasteiger partial charge on any atom is -0.495 e. The lowest BCUT2D eigenvalue weighted by Gasteiger charge is -2.14. The SMILES string of the molecule is COc1ccc(NC(=O)c2sc3nc4c(cc3c2N)CCCC4)cc1Cl. The summed E-state index contributed by atoms with van der Waals surface area (Å²) < 4.78 is 5.13. The van der Waals surface area contributed by atoms with Crippen molar-refractivity contribution >= 4 is 50.4 Å².